The Morgan fingerprint density at radius 2 is 1.94 bits per heavy atom. The van der Waals surface area contributed by atoms with E-state index in [4.69, 9.17) is 16.3 Å². The standard InChI is InChI=1S/C22H20ClF3N2O4/c1-2-13-5-3-4-6-18(13)28-11-14(9-20(28)30)21(31)32-12-19(29)27-17-10-15(22(24,25)26)7-8-16(17)23/h3-8,10,14H,2,9,11-12H2,1H3,(H,27,29)/t14-/m0/s1. The maximum absolute atomic E-state index is 12.8. The Balaban J connectivity index is 1.58. The van der Waals surface area contributed by atoms with Gasteiger partial charge in [0, 0.05) is 18.7 Å². The molecule has 170 valence electrons. The van der Waals surface area contributed by atoms with E-state index in [0.29, 0.717) is 12.5 Å². The number of rotatable bonds is 6. The topological polar surface area (TPSA) is 75.7 Å². The largest absolute Gasteiger partial charge is 0.455 e. The number of para-hydroxylation sites is 1. The number of anilines is 2. The highest BCUT2D eigenvalue weighted by Gasteiger charge is 2.37. The third-order valence-electron chi connectivity index (χ3n) is 5.03. The highest BCUT2D eigenvalue weighted by molar-refractivity contribution is 6.33. The number of hydrogen-bond acceptors (Lipinski definition) is 4. The van der Waals surface area contributed by atoms with Gasteiger partial charge in [0.25, 0.3) is 5.91 Å². The predicted octanol–water partition coefficient (Wildman–Crippen LogP) is 4.46. The SMILES string of the molecule is CCc1ccccc1N1C[C@@H](C(=O)OCC(=O)Nc2cc(C(F)(F)F)ccc2Cl)CC1=O. The van der Waals surface area contributed by atoms with Gasteiger partial charge in [0.05, 0.1) is 22.2 Å². The molecule has 1 aliphatic rings. The van der Waals surface area contributed by atoms with E-state index in [0.717, 1.165) is 23.4 Å². The fraction of sp³-hybridized carbons (Fsp3) is 0.318. The van der Waals surface area contributed by atoms with Crippen LogP contribution in [-0.4, -0.2) is 30.9 Å². The Hall–Kier alpha value is -3.07. The van der Waals surface area contributed by atoms with E-state index in [1.165, 1.54) is 4.90 Å². The van der Waals surface area contributed by atoms with Gasteiger partial charge in [-0.05, 0) is 36.2 Å². The van der Waals surface area contributed by atoms with Crippen molar-refractivity contribution in [1.29, 1.82) is 0 Å². The van der Waals surface area contributed by atoms with Crippen molar-refractivity contribution < 1.29 is 32.3 Å². The third kappa shape index (κ3) is 5.40. The van der Waals surface area contributed by atoms with Crippen molar-refractivity contribution in [2.24, 2.45) is 5.92 Å². The minimum absolute atomic E-state index is 0.0576. The van der Waals surface area contributed by atoms with Crippen LogP contribution in [0.1, 0.15) is 24.5 Å². The Bertz CT molecular complexity index is 1040. The normalized spacial score (nSPS) is 16.2. The molecule has 1 heterocycles. The molecule has 0 bridgehead atoms. The van der Waals surface area contributed by atoms with Crippen LogP contribution < -0.4 is 10.2 Å². The van der Waals surface area contributed by atoms with Crippen molar-refractivity contribution in [3.05, 3.63) is 58.6 Å². The fourth-order valence-corrected chi connectivity index (χ4v) is 3.57. The molecule has 10 heteroatoms. The summed E-state index contributed by atoms with van der Waals surface area (Å²) < 4.78 is 43.5. The number of alkyl halides is 3. The Kier molecular flexibility index (Phi) is 7.08. The Morgan fingerprint density at radius 1 is 1.22 bits per heavy atom. The van der Waals surface area contributed by atoms with Crippen molar-refractivity contribution in [3.63, 3.8) is 0 Å². The monoisotopic (exact) mass is 468 g/mol. The zero-order chi connectivity index (χ0) is 23.5. The molecule has 2 amide bonds. The summed E-state index contributed by atoms with van der Waals surface area (Å²) in [6.45, 7) is 1.36. The molecular weight excluding hydrogens is 449 g/mol. The van der Waals surface area contributed by atoms with Crippen LogP contribution >= 0.6 is 11.6 Å². The molecule has 0 radical (unpaired) electrons. The summed E-state index contributed by atoms with van der Waals surface area (Å²) in [5.74, 6) is -2.57. The zero-order valence-corrected chi connectivity index (χ0v) is 17.8. The van der Waals surface area contributed by atoms with E-state index in [-0.39, 0.29) is 29.6 Å². The van der Waals surface area contributed by atoms with Crippen LogP contribution in [0.4, 0.5) is 24.5 Å². The average Bonchev–Trinajstić information content (AvgIpc) is 3.14. The number of nitrogens with one attached hydrogen (secondary N) is 1. The van der Waals surface area contributed by atoms with Gasteiger partial charge in [-0.1, -0.05) is 36.7 Å². The summed E-state index contributed by atoms with van der Waals surface area (Å²) in [5.41, 5.74) is 0.464. The molecule has 0 aromatic heterocycles. The van der Waals surface area contributed by atoms with E-state index >= 15 is 0 Å². The summed E-state index contributed by atoms with van der Waals surface area (Å²) in [6.07, 6.45) is -3.95. The number of carbonyl (C=O) groups is 3. The molecule has 6 nitrogen and oxygen atoms in total. The van der Waals surface area contributed by atoms with Crippen molar-refractivity contribution in [2.45, 2.75) is 25.9 Å². The van der Waals surface area contributed by atoms with Crippen LogP contribution in [0.5, 0.6) is 0 Å². The van der Waals surface area contributed by atoms with Gasteiger partial charge in [0.2, 0.25) is 5.91 Å². The lowest BCUT2D eigenvalue weighted by Crippen LogP contribution is -2.28. The van der Waals surface area contributed by atoms with E-state index < -0.39 is 36.1 Å². The number of hydrogen-bond donors (Lipinski definition) is 1. The molecule has 1 atom stereocenters. The number of ether oxygens (including phenoxy) is 1. The molecule has 32 heavy (non-hydrogen) atoms. The first kappa shape index (κ1) is 23.6. The van der Waals surface area contributed by atoms with Crippen molar-refractivity contribution >= 4 is 40.8 Å². The molecule has 1 saturated heterocycles. The Morgan fingerprint density at radius 3 is 2.62 bits per heavy atom. The minimum Gasteiger partial charge on any atom is -0.455 e. The van der Waals surface area contributed by atoms with Crippen molar-refractivity contribution in [1.82, 2.24) is 0 Å². The van der Waals surface area contributed by atoms with Crippen LogP contribution in [0.15, 0.2) is 42.5 Å². The molecule has 0 spiro atoms. The number of halogens is 4. The lowest BCUT2D eigenvalue weighted by atomic mass is 10.1. The smallest absolute Gasteiger partial charge is 0.416 e. The highest BCUT2D eigenvalue weighted by Crippen LogP contribution is 2.34. The van der Waals surface area contributed by atoms with Gasteiger partial charge in [0.15, 0.2) is 6.61 Å². The van der Waals surface area contributed by atoms with Crippen LogP contribution in [0.2, 0.25) is 5.02 Å². The second-order valence-corrected chi connectivity index (χ2v) is 7.64. The van der Waals surface area contributed by atoms with E-state index in [2.05, 4.69) is 5.32 Å². The third-order valence-corrected chi connectivity index (χ3v) is 5.36. The number of carbonyl (C=O) groups excluding carboxylic acids is 3. The van der Waals surface area contributed by atoms with Gasteiger partial charge >= 0.3 is 12.1 Å². The lowest BCUT2D eigenvalue weighted by Gasteiger charge is -2.19. The number of esters is 1. The maximum Gasteiger partial charge on any atom is 0.416 e. The highest BCUT2D eigenvalue weighted by atomic mass is 35.5. The maximum atomic E-state index is 12.8. The molecule has 3 rings (SSSR count). The van der Waals surface area contributed by atoms with Gasteiger partial charge in [-0.15, -0.1) is 0 Å². The van der Waals surface area contributed by atoms with Crippen LogP contribution in [-0.2, 0) is 31.7 Å². The zero-order valence-electron chi connectivity index (χ0n) is 17.0. The first-order valence-corrected chi connectivity index (χ1v) is 10.2. The quantitative estimate of drug-likeness (QED) is 0.635. The van der Waals surface area contributed by atoms with E-state index in [9.17, 15) is 27.6 Å². The number of benzene rings is 2. The number of aryl methyl sites for hydroxylation is 1. The van der Waals surface area contributed by atoms with Gasteiger partial charge in [-0.2, -0.15) is 13.2 Å². The van der Waals surface area contributed by atoms with Crippen LogP contribution in [0.25, 0.3) is 0 Å². The molecule has 2 aromatic carbocycles. The van der Waals surface area contributed by atoms with Gasteiger partial charge in [-0.3, -0.25) is 14.4 Å². The predicted molar refractivity (Wildman–Crippen MR) is 112 cm³/mol. The summed E-state index contributed by atoms with van der Waals surface area (Å²) in [6, 6.07) is 9.87. The fourth-order valence-electron chi connectivity index (χ4n) is 3.41. The minimum atomic E-state index is -4.60. The van der Waals surface area contributed by atoms with Crippen molar-refractivity contribution in [2.75, 3.05) is 23.4 Å². The van der Waals surface area contributed by atoms with Crippen LogP contribution in [0, 0.1) is 5.92 Å². The van der Waals surface area contributed by atoms with E-state index in [1.54, 1.807) is 12.1 Å². The van der Waals surface area contributed by atoms with Gasteiger partial charge in [-0.25, -0.2) is 0 Å². The Labute approximate surface area is 187 Å². The second-order valence-electron chi connectivity index (χ2n) is 7.24. The molecule has 1 aliphatic heterocycles. The molecule has 0 aliphatic carbocycles. The average molecular weight is 469 g/mol. The summed E-state index contributed by atoms with van der Waals surface area (Å²) in [5, 5.41) is 2.11. The molecule has 0 saturated carbocycles. The molecular formula is C22H20ClF3N2O4. The number of nitrogens with zero attached hydrogens (tertiary/aromatic N) is 1. The first-order valence-electron chi connectivity index (χ1n) is 9.81. The second kappa shape index (κ2) is 9.60. The van der Waals surface area contributed by atoms with Crippen LogP contribution in [0.3, 0.4) is 0 Å². The summed E-state index contributed by atoms with van der Waals surface area (Å²) in [7, 11) is 0. The molecule has 1 fully saturated rings. The molecule has 2 aromatic rings. The first-order chi connectivity index (χ1) is 15.1. The number of amides is 2. The molecule has 0 unspecified atom stereocenters. The summed E-state index contributed by atoms with van der Waals surface area (Å²) in [4.78, 5) is 38.4. The van der Waals surface area contributed by atoms with Gasteiger partial charge < -0.3 is 15.0 Å². The van der Waals surface area contributed by atoms with Gasteiger partial charge in [0.1, 0.15) is 0 Å². The lowest BCUT2D eigenvalue weighted by molar-refractivity contribution is -0.151. The summed E-state index contributed by atoms with van der Waals surface area (Å²) >= 11 is 5.84. The van der Waals surface area contributed by atoms with E-state index in [1.807, 2.05) is 19.1 Å². The molecule has 1 N–H and O–H groups in total. The van der Waals surface area contributed by atoms with Crippen molar-refractivity contribution in [3.8, 4) is 0 Å².